The molecule has 0 aliphatic carbocycles. The molecule has 0 aliphatic heterocycles. The van der Waals surface area contributed by atoms with Gasteiger partial charge in [0.15, 0.2) is 5.16 Å². The van der Waals surface area contributed by atoms with Gasteiger partial charge in [0.25, 0.3) is 5.56 Å². The molecule has 0 amide bonds. The maximum atomic E-state index is 12.0. The fourth-order valence-electron chi connectivity index (χ4n) is 1.93. The highest BCUT2D eigenvalue weighted by atomic mass is 32.2. The SMILES string of the molecule is Cc1cc(N)nc(SCc2nc3ccccc3[nH]c2=O)n1. The molecule has 2 aromatic heterocycles. The van der Waals surface area contributed by atoms with Crippen molar-refractivity contribution in [1.82, 2.24) is 19.9 Å². The molecule has 0 saturated carbocycles. The van der Waals surface area contributed by atoms with E-state index in [1.807, 2.05) is 31.2 Å². The van der Waals surface area contributed by atoms with E-state index in [0.29, 0.717) is 22.4 Å². The number of anilines is 1. The van der Waals surface area contributed by atoms with Gasteiger partial charge in [-0.1, -0.05) is 23.9 Å². The average Bonchev–Trinajstić information content (AvgIpc) is 2.44. The quantitative estimate of drug-likeness (QED) is 0.566. The maximum absolute atomic E-state index is 12.0. The number of hydrogen-bond donors (Lipinski definition) is 2. The zero-order valence-corrected chi connectivity index (χ0v) is 12.1. The number of rotatable bonds is 3. The monoisotopic (exact) mass is 299 g/mol. The average molecular weight is 299 g/mol. The Balaban J connectivity index is 1.88. The van der Waals surface area contributed by atoms with Gasteiger partial charge in [0.2, 0.25) is 0 Å². The number of aryl methyl sites for hydroxylation is 1. The molecule has 0 spiro atoms. The number of hydrogen-bond acceptors (Lipinski definition) is 6. The molecule has 0 bridgehead atoms. The number of thioether (sulfide) groups is 1. The van der Waals surface area contributed by atoms with Crippen molar-refractivity contribution < 1.29 is 0 Å². The van der Waals surface area contributed by atoms with Crippen molar-refractivity contribution in [3.63, 3.8) is 0 Å². The van der Waals surface area contributed by atoms with Crippen molar-refractivity contribution in [3.8, 4) is 0 Å². The number of benzene rings is 1. The van der Waals surface area contributed by atoms with Gasteiger partial charge < -0.3 is 10.7 Å². The van der Waals surface area contributed by atoms with Crippen LogP contribution in [0.3, 0.4) is 0 Å². The number of aromatic amines is 1. The van der Waals surface area contributed by atoms with Crippen LogP contribution in [0.25, 0.3) is 11.0 Å². The maximum Gasteiger partial charge on any atom is 0.271 e. The first-order chi connectivity index (χ1) is 10.1. The fourth-order valence-corrected chi connectivity index (χ4v) is 2.77. The van der Waals surface area contributed by atoms with Crippen molar-refractivity contribution in [2.24, 2.45) is 0 Å². The summed E-state index contributed by atoms with van der Waals surface area (Å²) in [6, 6.07) is 9.13. The van der Waals surface area contributed by atoms with Gasteiger partial charge in [0.1, 0.15) is 11.5 Å². The lowest BCUT2D eigenvalue weighted by atomic mass is 10.3. The molecule has 6 nitrogen and oxygen atoms in total. The summed E-state index contributed by atoms with van der Waals surface area (Å²) in [5.41, 5.74) is 8.23. The zero-order valence-electron chi connectivity index (χ0n) is 11.3. The first-order valence-electron chi connectivity index (χ1n) is 6.34. The van der Waals surface area contributed by atoms with Gasteiger partial charge in [-0.3, -0.25) is 4.79 Å². The summed E-state index contributed by atoms with van der Waals surface area (Å²) < 4.78 is 0. The summed E-state index contributed by atoms with van der Waals surface area (Å²) >= 11 is 1.34. The predicted octanol–water partition coefficient (Wildman–Crippen LogP) is 1.90. The van der Waals surface area contributed by atoms with E-state index in [-0.39, 0.29) is 5.56 Å². The van der Waals surface area contributed by atoms with E-state index >= 15 is 0 Å². The van der Waals surface area contributed by atoms with E-state index in [9.17, 15) is 4.79 Å². The number of nitrogens with one attached hydrogen (secondary N) is 1. The highest BCUT2D eigenvalue weighted by Gasteiger charge is 2.07. The second kappa shape index (κ2) is 5.53. The van der Waals surface area contributed by atoms with Crippen LogP contribution in [0.2, 0.25) is 0 Å². The van der Waals surface area contributed by atoms with Crippen molar-refractivity contribution in [1.29, 1.82) is 0 Å². The number of H-pyrrole nitrogens is 1. The van der Waals surface area contributed by atoms with E-state index in [2.05, 4.69) is 19.9 Å². The van der Waals surface area contributed by atoms with Gasteiger partial charge in [0.05, 0.1) is 11.0 Å². The lowest BCUT2D eigenvalue weighted by Gasteiger charge is -2.03. The molecule has 0 fully saturated rings. The van der Waals surface area contributed by atoms with Crippen molar-refractivity contribution in [2.45, 2.75) is 17.8 Å². The van der Waals surface area contributed by atoms with Crippen LogP contribution >= 0.6 is 11.8 Å². The Hall–Kier alpha value is -2.41. The normalized spacial score (nSPS) is 10.9. The number of aromatic nitrogens is 4. The Kier molecular flexibility index (Phi) is 3.57. The van der Waals surface area contributed by atoms with Crippen LogP contribution in [0, 0.1) is 6.92 Å². The molecular weight excluding hydrogens is 286 g/mol. The molecule has 21 heavy (non-hydrogen) atoms. The largest absolute Gasteiger partial charge is 0.384 e. The highest BCUT2D eigenvalue weighted by molar-refractivity contribution is 7.98. The van der Waals surface area contributed by atoms with Crippen molar-refractivity contribution in [3.05, 3.63) is 52.1 Å². The number of nitrogen functional groups attached to an aromatic ring is 1. The molecule has 0 atom stereocenters. The second-order valence-electron chi connectivity index (χ2n) is 4.54. The Morgan fingerprint density at radius 2 is 2.05 bits per heavy atom. The Morgan fingerprint density at radius 3 is 2.86 bits per heavy atom. The van der Waals surface area contributed by atoms with Crippen LogP contribution in [0.4, 0.5) is 5.82 Å². The first-order valence-corrected chi connectivity index (χ1v) is 7.32. The van der Waals surface area contributed by atoms with Crippen molar-refractivity contribution >= 4 is 28.6 Å². The summed E-state index contributed by atoms with van der Waals surface area (Å²) in [5, 5.41) is 0.543. The van der Waals surface area contributed by atoms with Gasteiger partial charge in [-0.15, -0.1) is 0 Å². The molecule has 7 heteroatoms. The van der Waals surface area contributed by atoms with Crippen LogP contribution < -0.4 is 11.3 Å². The van der Waals surface area contributed by atoms with E-state index in [1.54, 1.807) is 6.07 Å². The van der Waals surface area contributed by atoms with Gasteiger partial charge in [-0.25, -0.2) is 15.0 Å². The van der Waals surface area contributed by atoms with Gasteiger partial charge in [0, 0.05) is 17.5 Å². The Bertz CT molecular complexity index is 841. The minimum Gasteiger partial charge on any atom is -0.384 e. The van der Waals surface area contributed by atoms with E-state index < -0.39 is 0 Å². The third kappa shape index (κ3) is 3.03. The standard InChI is InChI=1S/C14H13N5OS/c1-8-6-12(15)19-14(16-8)21-7-11-13(20)18-10-5-3-2-4-9(10)17-11/h2-6H,7H2,1H3,(H,18,20)(H2,15,16,19). The van der Waals surface area contributed by atoms with Crippen LogP contribution in [0.15, 0.2) is 40.3 Å². The van der Waals surface area contributed by atoms with Gasteiger partial charge >= 0.3 is 0 Å². The number of fused-ring (bicyclic) bond motifs is 1. The number of nitrogens with zero attached hydrogens (tertiary/aromatic N) is 3. The Morgan fingerprint density at radius 1 is 1.24 bits per heavy atom. The molecular formula is C14H13N5OS. The van der Waals surface area contributed by atoms with Crippen LogP contribution in [0.5, 0.6) is 0 Å². The summed E-state index contributed by atoms with van der Waals surface area (Å²) in [4.78, 5) is 27.6. The van der Waals surface area contributed by atoms with E-state index in [4.69, 9.17) is 5.73 Å². The summed E-state index contributed by atoms with van der Waals surface area (Å²) in [6.45, 7) is 1.85. The van der Waals surface area contributed by atoms with Gasteiger partial charge in [-0.05, 0) is 19.1 Å². The summed E-state index contributed by atoms with van der Waals surface area (Å²) in [6.07, 6.45) is 0. The van der Waals surface area contributed by atoms with Crippen LogP contribution in [-0.4, -0.2) is 19.9 Å². The number of para-hydroxylation sites is 2. The topological polar surface area (TPSA) is 97.5 Å². The van der Waals surface area contributed by atoms with E-state index in [1.165, 1.54) is 11.8 Å². The molecule has 3 N–H and O–H groups in total. The first kappa shape index (κ1) is 13.6. The van der Waals surface area contributed by atoms with Gasteiger partial charge in [-0.2, -0.15) is 0 Å². The number of nitrogens with two attached hydrogens (primary N) is 1. The molecule has 106 valence electrons. The smallest absolute Gasteiger partial charge is 0.271 e. The summed E-state index contributed by atoms with van der Waals surface area (Å²) in [5.74, 6) is 0.814. The molecule has 0 radical (unpaired) electrons. The van der Waals surface area contributed by atoms with Crippen molar-refractivity contribution in [2.75, 3.05) is 5.73 Å². The molecule has 1 aromatic carbocycles. The summed E-state index contributed by atoms with van der Waals surface area (Å²) in [7, 11) is 0. The predicted molar refractivity (Wildman–Crippen MR) is 83.1 cm³/mol. The third-order valence-corrected chi connectivity index (χ3v) is 3.72. The molecule has 0 saturated heterocycles. The third-order valence-electron chi connectivity index (χ3n) is 2.86. The molecule has 0 unspecified atom stereocenters. The second-order valence-corrected chi connectivity index (χ2v) is 5.48. The minimum absolute atomic E-state index is 0.193. The fraction of sp³-hybridized carbons (Fsp3) is 0.143. The van der Waals surface area contributed by atoms with Crippen LogP contribution in [-0.2, 0) is 5.75 Å². The lowest BCUT2D eigenvalue weighted by molar-refractivity contribution is 0.938. The minimum atomic E-state index is -0.193. The lowest BCUT2D eigenvalue weighted by Crippen LogP contribution is -2.14. The highest BCUT2D eigenvalue weighted by Crippen LogP contribution is 2.19. The van der Waals surface area contributed by atoms with Crippen LogP contribution in [0.1, 0.15) is 11.4 Å². The zero-order chi connectivity index (χ0) is 14.8. The Labute approximate surface area is 124 Å². The molecule has 0 aliphatic rings. The molecule has 3 rings (SSSR count). The van der Waals surface area contributed by atoms with E-state index in [0.717, 1.165) is 16.7 Å². The molecule has 2 heterocycles. The molecule has 3 aromatic rings.